The molecule has 8 heteroatoms. The Kier molecular flexibility index (Phi) is 6.70. The molecule has 1 heterocycles. The molecule has 0 bridgehead atoms. The Morgan fingerprint density at radius 3 is 2.55 bits per heavy atom. The van der Waals surface area contributed by atoms with E-state index in [0.29, 0.717) is 22.0 Å². The summed E-state index contributed by atoms with van der Waals surface area (Å²) in [6.07, 6.45) is 0.0667. The van der Waals surface area contributed by atoms with Crippen LogP contribution in [0.15, 0.2) is 72.8 Å². The zero-order valence-electron chi connectivity index (χ0n) is 17.6. The predicted molar refractivity (Wildman–Crippen MR) is 125 cm³/mol. The molecule has 6 nitrogen and oxygen atoms in total. The molecule has 1 fully saturated rings. The number of para-hydroxylation sites is 1. The fourth-order valence-electron chi connectivity index (χ4n) is 3.68. The van der Waals surface area contributed by atoms with Crippen LogP contribution in [0.4, 0.5) is 15.8 Å². The fourth-order valence-corrected chi connectivity index (χ4v) is 3.87. The van der Waals surface area contributed by atoms with Gasteiger partial charge in [-0.1, -0.05) is 41.9 Å². The second-order valence-electron chi connectivity index (χ2n) is 7.73. The first kappa shape index (κ1) is 22.5. The minimum absolute atomic E-state index is 0.0667. The van der Waals surface area contributed by atoms with Gasteiger partial charge in [-0.25, -0.2) is 4.39 Å². The van der Waals surface area contributed by atoms with E-state index in [1.807, 2.05) is 0 Å². The first-order valence-electron chi connectivity index (χ1n) is 10.4. The lowest BCUT2D eigenvalue weighted by molar-refractivity contribution is -0.122. The van der Waals surface area contributed by atoms with Crippen molar-refractivity contribution in [3.8, 4) is 0 Å². The van der Waals surface area contributed by atoms with E-state index in [-0.39, 0.29) is 43.0 Å². The van der Waals surface area contributed by atoms with Gasteiger partial charge in [0.05, 0.1) is 17.2 Å². The molecule has 4 rings (SSSR count). The van der Waals surface area contributed by atoms with Crippen LogP contribution < -0.4 is 15.5 Å². The van der Waals surface area contributed by atoms with Gasteiger partial charge < -0.3 is 15.5 Å². The van der Waals surface area contributed by atoms with Crippen molar-refractivity contribution >= 4 is 40.7 Å². The molecule has 0 aromatic heterocycles. The van der Waals surface area contributed by atoms with Gasteiger partial charge >= 0.3 is 0 Å². The summed E-state index contributed by atoms with van der Waals surface area (Å²) in [4.78, 5) is 39.6. The molecular formula is C25H21ClFN3O3. The van der Waals surface area contributed by atoms with Gasteiger partial charge in [0.1, 0.15) is 5.82 Å². The zero-order chi connectivity index (χ0) is 23.4. The van der Waals surface area contributed by atoms with E-state index in [1.165, 1.54) is 17.0 Å². The summed E-state index contributed by atoms with van der Waals surface area (Å²) in [5.41, 5.74) is 2.04. The van der Waals surface area contributed by atoms with Crippen LogP contribution in [-0.2, 0) is 16.1 Å². The van der Waals surface area contributed by atoms with Crippen molar-refractivity contribution in [2.75, 3.05) is 16.8 Å². The van der Waals surface area contributed by atoms with Crippen molar-refractivity contribution < 1.29 is 18.8 Å². The average molecular weight is 466 g/mol. The normalized spacial score (nSPS) is 15.4. The number of benzene rings is 3. The van der Waals surface area contributed by atoms with Crippen molar-refractivity contribution in [1.82, 2.24) is 5.32 Å². The lowest BCUT2D eigenvalue weighted by Crippen LogP contribution is -2.29. The number of rotatable bonds is 6. The van der Waals surface area contributed by atoms with E-state index < -0.39 is 5.92 Å². The number of carbonyl (C=O) groups excluding carboxylic acids is 3. The second kappa shape index (κ2) is 9.83. The van der Waals surface area contributed by atoms with Crippen molar-refractivity contribution in [2.24, 2.45) is 5.92 Å². The van der Waals surface area contributed by atoms with Gasteiger partial charge in [-0.3, -0.25) is 14.4 Å². The molecule has 3 amide bonds. The summed E-state index contributed by atoms with van der Waals surface area (Å²) in [5, 5.41) is 6.07. The number of hydrogen-bond acceptors (Lipinski definition) is 3. The maximum absolute atomic E-state index is 13.1. The molecule has 0 spiro atoms. The van der Waals surface area contributed by atoms with E-state index >= 15 is 0 Å². The van der Waals surface area contributed by atoms with Crippen LogP contribution in [0.25, 0.3) is 0 Å². The van der Waals surface area contributed by atoms with Gasteiger partial charge in [-0.2, -0.15) is 0 Å². The molecule has 1 saturated heterocycles. The number of carbonyl (C=O) groups is 3. The molecule has 1 atom stereocenters. The number of amides is 3. The van der Waals surface area contributed by atoms with E-state index in [9.17, 15) is 18.8 Å². The largest absolute Gasteiger partial charge is 0.348 e. The second-order valence-corrected chi connectivity index (χ2v) is 8.17. The van der Waals surface area contributed by atoms with E-state index in [4.69, 9.17) is 11.6 Å². The first-order valence-corrected chi connectivity index (χ1v) is 10.8. The highest BCUT2D eigenvalue weighted by Gasteiger charge is 2.35. The summed E-state index contributed by atoms with van der Waals surface area (Å²) in [7, 11) is 0. The highest BCUT2D eigenvalue weighted by molar-refractivity contribution is 6.31. The van der Waals surface area contributed by atoms with Crippen LogP contribution in [0.1, 0.15) is 22.3 Å². The van der Waals surface area contributed by atoms with E-state index in [1.54, 1.807) is 60.7 Å². The summed E-state index contributed by atoms with van der Waals surface area (Å²) >= 11 is 6.02. The predicted octanol–water partition coefficient (Wildman–Crippen LogP) is 4.40. The van der Waals surface area contributed by atoms with Crippen molar-refractivity contribution in [3.63, 3.8) is 0 Å². The molecule has 0 unspecified atom stereocenters. The van der Waals surface area contributed by atoms with Gasteiger partial charge in [-0.05, 0) is 48.0 Å². The van der Waals surface area contributed by atoms with Gasteiger partial charge in [0.2, 0.25) is 11.8 Å². The minimum atomic E-state index is -0.563. The molecule has 0 aliphatic carbocycles. The maximum atomic E-state index is 13.1. The number of anilines is 2. The summed E-state index contributed by atoms with van der Waals surface area (Å²) in [6, 6.07) is 19.4. The SMILES string of the molecule is O=C(NCc1ccc(F)cc1)c1ccccc1NC(=O)[C@@H]1CC(=O)N(c2cccc(Cl)c2)C1. The van der Waals surface area contributed by atoms with Crippen LogP contribution in [-0.4, -0.2) is 24.3 Å². The van der Waals surface area contributed by atoms with Crippen LogP contribution >= 0.6 is 11.6 Å². The molecule has 3 aromatic rings. The Hall–Kier alpha value is -3.71. The third-order valence-electron chi connectivity index (χ3n) is 5.41. The molecule has 33 heavy (non-hydrogen) atoms. The molecule has 168 valence electrons. The Morgan fingerprint density at radius 1 is 1.03 bits per heavy atom. The number of nitrogens with zero attached hydrogens (tertiary/aromatic N) is 1. The Labute approximate surface area is 195 Å². The summed E-state index contributed by atoms with van der Waals surface area (Å²) in [6.45, 7) is 0.442. The first-order chi connectivity index (χ1) is 15.9. The molecule has 1 aliphatic heterocycles. The van der Waals surface area contributed by atoms with Gasteiger partial charge in [0.15, 0.2) is 0 Å². The topological polar surface area (TPSA) is 78.5 Å². The van der Waals surface area contributed by atoms with Crippen LogP contribution in [0, 0.1) is 11.7 Å². The van der Waals surface area contributed by atoms with Crippen molar-refractivity contribution in [2.45, 2.75) is 13.0 Å². The number of halogens is 2. The monoisotopic (exact) mass is 465 g/mol. The molecule has 1 aliphatic rings. The number of nitrogens with one attached hydrogen (secondary N) is 2. The van der Waals surface area contributed by atoms with Crippen LogP contribution in [0.2, 0.25) is 5.02 Å². The van der Waals surface area contributed by atoms with Crippen LogP contribution in [0.5, 0.6) is 0 Å². The van der Waals surface area contributed by atoms with E-state index in [2.05, 4.69) is 10.6 Å². The smallest absolute Gasteiger partial charge is 0.253 e. The molecule has 2 N–H and O–H groups in total. The third-order valence-corrected chi connectivity index (χ3v) is 5.65. The Bertz CT molecular complexity index is 1200. The third kappa shape index (κ3) is 5.38. The van der Waals surface area contributed by atoms with Gasteiger partial charge in [0, 0.05) is 30.2 Å². The fraction of sp³-hybridized carbons (Fsp3) is 0.160. The lowest BCUT2D eigenvalue weighted by atomic mass is 10.1. The maximum Gasteiger partial charge on any atom is 0.253 e. The average Bonchev–Trinajstić information content (AvgIpc) is 3.21. The van der Waals surface area contributed by atoms with Crippen molar-refractivity contribution in [1.29, 1.82) is 0 Å². The zero-order valence-corrected chi connectivity index (χ0v) is 18.3. The van der Waals surface area contributed by atoms with Gasteiger partial charge in [-0.15, -0.1) is 0 Å². The Morgan fingerprint density at radius 2 is 1.79 bits per heavy atom. The highest BCUT2D eigenvalue weighted by Crippen LogP contribution is 2.28. The standard InChI is InChI=1S/C25H21ClFN3O3/c26-18-4-3-5-20(13-18)30-15-17(12-23(30)31)24(32)29-22-7-2-1-6-21(22)25(33)28-14-16-8-10-19(27)11-9-16/h1-11,13,17H,12,14-15H2,(H,28,33)(H,29,32)/t17-/m1/s1. The van der Waals surface area contributed by atoms with E-state index in [0.717, 1.165) is 5.56 Å². The van der Waals surface area contributed by atoms with Crippen LogP contribution in [0.3, 0.4) is 0 Å². The molecular weight excluding hydrogens is 445 g/mol. The Balaban J connectivity index is 1.42. The molecule has 0 saturated carbocycles. The number of hydrogen-bond donors (Lipinski definition) is 2. The molecule has 3 aromatic carbocycles. The summed E-state index contributed by atoms with van der Waals surface area (Å²) in [5.74, 6) is -1.79. The minimum Gasteiger partial charge on any atom is -0.348 e. The molecule has 0 radical (unpaired) electrons. The summed E-state index contributed by atoms with van der Waals surface area (Å²) < 4.78 is 13.1. The van der Waals surface area contributed by atoms with Crippen molar-refractivity contribution in [3.05, 3.63) is 94.8 Å². The highest BCUT2D eigenvalue weighted by atomic mass is 35.5. The van der Waals surface area contributed by atoms with Gasteiger partial charge in [0.25, 0.3) is 5.91 Å². The quantitative estimate of drug-likeness (QED) is 0.566. The lowest BCUT2D eigenvalue weighted by Gasteiger charge is -2.17.